The smallest absolute Gasteiger partial charge is 0.168 e. The van der Waals surface area contributed by atoms with Crippen LogP contribution in [0.25, 0.3) is 173 Å². The third-order valence-corrected chi connectivity index (χ3v) is 18.0. The van der Waals surface area contributed by atoms with Crippen LogP contribution >= 0.6 is 0 Å². The molecule has 0 bridgehead atoms. The van der Waals surface area contributed by atoms with Gasteiger partial charge in [0.1, 0.15) is 0 Å². The third-order valence-electron chi connectivity index (χ3n) is 18.0. The molecule has 0 atom stereocenters. The van der Waals surface area contributed by atoms with Crippen molar-refractivity contribution in [3.8, 4) is 107 Å². The highest BCUT2D eigenvalue weighted by Gasteiger charge is 2.23. The molecule has 5 aromatic heterocycles. The first-order valence-electron chi connectivity index (χ1n) is 31.3. The lowest BCUT2D eigenvalue weighted by molar-refractivity contribution is 1.07. The van der Waals surface area contributed by atoms with Crippen molar-refractivity contribution in [3.05, 3.63) is 322 Å². The molecule has 0 aliphatic rings. The van der Waals surface area contributed by atoms with Crippen LogP contribution in [-0.2, 0) is 0 Å². The summed E-state index contributed by atoms with van der Waals surface area (Å²) in [6.07, 6.45) is 0. The lowest BCUT2D eigenvalue weighted by Gasteiger charge is -2.13. The van der Waals surface area contributed by atoms with Crippen LogP contribution in [0.5, 0.6) is 0 Å². The maximum Gasteiger partial charge on any atom is 0.168 e. The summed E-state index contributed by atoms with van der Waals surface area (Å²) in [6, 6.07) is 113. The van der Waals surface area contributed by atoms with Gasteiger partial charge in [-0.3, -0.25) is 4.57 Å². The summed E-state index contributed by atoms with van der Waals surface area (Å²) >= 11 is 0. The monoisotopic (exact) mass is 1190 g/mol. The van der Waals surface area contributed by atoms with Gasteiger partial charge in [-0.1, -0.05) is 224 Å². The Bertz CT molecular complexity index is 5530. The predicted octanol–water partition coefficient (Wildman–Crippen LogP) is 20.7. The van der Waals surface area contributed by atoms with Gasteiger partial charge in [-0.05, 0) is 119 Å². The summed E-state index contributed by atoms with van der Waals surface area (Å²) in [5.74, 6) is 2.79. The zero-order valence-corrected chi connectivity index (χ0v) is 50.1. The average Bonchev–Trinajstić information content (AvgIpc) is 1.63. The van der Waals surface area contributed by atoms with Crippen molar-refractivity contribution in [3.63, 3.8) is 0 Å². The first-order chi connectivity index (χ1) is 46.1. The number of hydrogen-bond acceptors (Lipinski definition) is 6. The minimum absolute atomic E-state index is 0.669. The predicted molar refractivity (Wildman–Crippen MR) is 380 cm³/mol. The molecule has 0 spiro atoms. The zero-order valence-electron chi connectivity index (χ0n) is 50.1. The van der Waals surface area contributed by atoms with E-state index in [4.69, 9.17) is 30.1 Å². The molecule has 93 heavy (non-hydrogen) atoms. The van der Waals surface area contributed by atoms with Gasteiger partial charge in [-0.2, -0.15) is 0 Å². The van der Waals surface area contributed by atoms with Gasteiger partial charge in [0.2, 0.25) is 0 Å². The molecule has 5 heterocycles. The molecule has 9 nitrogen and oxygen atoms in total. The highest BCUT2D eigenvalue weighted by atomic mass is 15.3. The summed E-state index contributed by atoms with van der Waals surface area (Å²) in [7, 11) is 0. The second-order valence-electron chi connectivity index (χ2n) is 23.5. The van der Waals surface area contributed by atoms with Crippen LogP contribution < -0.4 is 0 Å². The summed E-state index contributed by atoms with van der Waals surface area (Å²) in [6.45, 7) is 0. The first kappa shape index (κ1) is 53.3. The summed E-state index contributed by atoms with van der Waals surface area (Å²) in [4.78, 5) is 20.8. The molecule has 9 heteroatoms. The van der Waals surface area contributed by atoms with E-state index in [2.05, 4.69) is 305 Å². The van der Waals surface area contributed by atoms with Gasteiger partial charge in [-0.15, -0.1) is 10.2 Å². The third kappa shape index (κ3) is 9.25. The molecular formula is C84H53N9. The molecule has 434 valence electrons. The van der Waals surface area contributed by atoms with Crippen LogP contribution in [0, 0.1) is 0 Å². The Hall–Kier alpha value is -12.7. The van der Waals surface area contributed by atoms with E-state index in [0.29, 0.717) is 11.6 Å². The number of hydrogen-bond donors (Lipinski definition) is 0. The molecule has 0 fully saturated rings. The number of nitrogens with zero attached hydrogens (tertiary/aromatic N) is 9. The first-order valence-corrected chi connectivity index (χ1v) is 31.3. The molecular weight excluding hydrogens is 1130 g/mol. The molecule has 0 aliphatic heterocycles. The van der Waals surface area contributed by atoms with Gasteiger partial charge >= 0.3 is 0 Å². The lowest BCUT2D eigenvalue weighted by atomic mass is 10.0. The fourth-order valence-corrected chi connectivity index (χ4v) is 13.5. The SMILES string of the molecule is c1ccc(-c2ccc(-c3nc(-c4ccc(-n5c6ccccc6c6ccc(-c7nnc(-c8ccc9c%10ccccc%10n(-c%10ccc(-c%11nc(-c%12ccc(-c%13ccccc%13)cc%12)c%12ccccc%12n%11)cc%10)c9c8)n7-c7ccccc7)cc65)cc4)nc4ccccc34)cc2)cc1. The van der Waals surface area contributed by atoms with Crippen molar-refractivity contribution < 1.29 is 0 Å². The van der Waals surface area contributed by atoms with Crippen LogP contribution in [0.4, 0.5) is 0 Å². The Morgan fingerprint density at radius 2 is 0.505 bits per heavy atom. The van der Waals surface area contributed by atoms with Crippen molar-refractivity contribution in [2.45, 2.75) is 0 Å². The maximum absolute atomic E-state index is 5.28. The Morgan fingerprint density at radius 1 is 0.194 bits per heavy atom. The normalized spacial score (nSPS) is 11.7. The Kier molecular flexibility index (Phi) is 12.7. The molecule has 0 amide bonds. The van der Waals surface area contributed by atoms with Gasteiger partial charge in [0.05, 0.1) is 44.5 Å². The minimum atomic E-state index is 0.669. The molecule has 0 unspecified atom stereocenters. The zero-order chi connectivity index (χ0) is 61.3. The number of benzene rings is 13. The lowest BCUT2D eigenvalue weighted by Crippen LogP contribution is -2.01. The van der Waals surface area contributed by atoms with E-state index in [1.807, 2.05) is 30.3 Å². The van der Waals surface area contributed by atoms with Gasteiger partial charge < -0.3 is 9.13 Å². The van der Waals surface area contributed by atoms with Crippen molar-refractivity contribution in [2.24, 2.45) is 0 Å². The van der Waals surface area contributed by atoms with E-state index in [1.165, 1.54) is 11.1 Å². The van der Waals surface area contributed by atoms with Crippen molar-refractivity contribution >= 4 is 65.4 Å². The van der Waals surface area contributed by atoms with E-state index in [0.717, 1.165) is 150 Å². The highest BCUT2D eigenvalue weighted by Crippen LogP contribution is 2.41. The average molecular weight is 1190 g/mol. The fraction of sp³-hybridized carbons (Fsp3) is 0. The van der Waals surface area contributed by atoms with E-state index >= 15 is 0 Å². The van der Waals surface area contributed by atoms with Crippen LogP contribution in [0.1, 0.15) is 0 Å². The van der Waals surface area contributed by atoms with Crippen LogP contribution in [0.3, 0.4) is 0 Å². The molecule has 13 aromatic carbocycles. The Morgan fingerprint density at radius 3 is 0.935 bits per heavy atom. The molecule has 0 saturated carbocycles. The molecule has 18 aromatic rings. The van der Waals surface area contributed by atoms with Crippen molar-refractivity contribution in [2.75, 3.05) is 0 Å². The number of rotatable bonds is 11. The minimum Gasteiger partial charge on any atom is -0.309 e. The molecule has 0 saturated heterocycles. The van der Waals surface area contributed by atoms with E-state index in [1.54, 1.807) is 0 Å². The number of aromatic nitrogens is 9. The Labute approximate surface area is 535 Å². The summed E-state index contributed by atoms with van der Waals surface area (Å²) < 4.78 is 6.89. The molecule has 0 aliphatic carbocycles. The Balaban J connectivity index is 0.710. The van der Waals surface area contributed by atoms with E-state index < -0.39 is 0 Å². The molecule has 0 radical (unpaired) electrons. The quantitative estimate of drug-likeness (QED) is 0.128. The second-order valence-corrected chi connectivity index (χ2v) is 23.5. The topological polar surface area (TPSA) is 92.1 Å². The molecule has 18 rings (SSSR count). The summed E-state index contributed by atoms with van der Waals surface area (Å²) in [5.41, 5.74) is 21.3. The van der Waals surface area contributed by atoms with Crippen molar-refractivity contribution in [1.82, 2.24) is 43.8 Å². The maximum atomic E-state index is 5.28. The van der Waals surface area contributed by atoms with Gasteiger partial charge in [-0.25, -0.2) is 19.9 Å². The molecule has 0 N–H and O–H groups in total. The van der Waals surface area contributed by atoms with Gasteiger partial charge in [0.25, 0.3) is 0 Å². The second kappa shape index (κ2) is 22.1. The largest absolute Gasteiger partial charge is 0.309 e. The fourth-order valence-electron chi connectivity index (χ4n) is 13.5. The van der Waals surface area contributed by atoms with Crippen LogP contribution in [0.15, 0.2) is 322 Å². The van der Waals surface area contributed by atoms with Crippen LogP contribution in [-0.4, -0.2) is 43.8 Å². The number of fused-ring (bicyclic) bond motifs is 8. The summed E-state index contributed by atoms with van der Waals surface area (Å²) in [5, 5.41) is 16.8. The number of para-hydroxylation sites is 5. The van der Waals surface area contributed by atoms with E-state index in [9.17, 15) is 0 Å². The van der Waals surface area contributed by atoms with Gasteiger partial charge in [0, 0.05) is 82.8 Å². The van der Waals surface area contributed by atoms with E-state index in [-0.39, 0.29) is 0 Å². The highest BCUT2D eigenvalue weighted by molar-refractivity contribution is 6.11. The van der Waals surface area contributed by atoms with Crippen molar-refractivity contribution in [1.29, 1.82) is 0 Å². The van der Waals surface area contributed by atoms with Crippen LogP contribution in [0.2, 0.25) is 0 Å². The standard InChI is InChI=1S/C84H53N9/c1-4-18-54(19-5-1)56-32-36-58(37-33-56)79-71-26-10-14-28-73(71)85-81(87-79)60-40-46-65(47-41-60)91-75-30-16-12-24-67(75)69-50-44-62(52-77(69)91)83-89-90-84(93(83)64-22-8-3-9-23-64)63-45-51-70-68-25-13-17-31-76(68)92(78(70)53-63)66-48-42-61(43-49-66)82-86-74-29-15-11-27-72(74)80(88-82)59-38-34-57(35-39-59)55-20-6-2-7-21-55/h1-53H. The van der Waals surface area contributed by atoms with Gasteiger partial charge in [0.15, 0.2) is 23.3 Å².